The smallest absolute Gasteiger partial charge is 0.149 e. The zero-order valence-electron chi connectivity index (χ0n) is 27.1. The molecule has 0 spiro atoms. The molecule has 2 aromatic carbocycles. The molecule has 0 bridgehead atoms. The maximum absolute atomic E-state index is 5.07. The lowest BCUT2D eigenvalue weighted by atomic mass is 10.0. The summed E-state index contributed by atoms with van der Waals surface area (Å²) in [5.74, 6) is 0.885. The second-order valence-corrected chi connectivity index (χ2v) is 11.7. The lowest BCUT2D eigenvalue weighted by Gasteiger charge is -2.26. The van der Waals surface area contributed by atoms with E-state index in [1.807, 2.05) is 18.3 Å². The van der Waals surface area contributed by atoms with Crippen molar-refractivity contribution in [1.29, 1.82) is 0 Å². The third-order valence-electron chi connectivity index (χ3n) is 8.31. The van der Waals surface area contributed by atoms with Gasteiger partial charge in [0.1, 0.15) is 5.82 Å². The fraction of sp³-hybridized carbons (Fsp3) is 0.474. The molecule has 230 valence electrons. The SMILES string of the molecule is CCCCN(CCCC)c1ccc(C=CC2=NN(c3ccccn3)C(c3ccc(N(CCCC)CCCC)cc3)C2)cc1. The van der Waals surface area contributed by atoms with E-state index in [1.165, 1.54) is 73.9 Å². The van der Waals surface area contributed by atoms with Gasteiger partial charge in [0, 0.05) is 50.2 Å². The number of anilines is 3. The summed E-state index contributed by atoms with van der Waals surface area (Å²) in [5.41, 5.74) is 6.19. The number of benzene rings is 2. The van der Waals surface area contributed by atoms with Gasteiger partial charge in [-0.25, -0.2) is 9.99 Å². The molecule has 0 aliphatic carbocycles. The summed E-state index contributed by atoms with van der Waals surface area (Å²) < 4.78 is 0. The van der Waals surface area contributed by atoms with Crippen molar-refractivity contribution in [2.45, 2.75) is 91.5 Å². The number of pyridine rings is 1. The van der Waals surface area contributed by atoms with Crippen molar-refractivity contribution in [1.82, 2.24) is 4.98 Å². The van der Waals surface area contributed by atoms with Crippen LogP contribution in [0.25, 0.3) is 6.08 Å². The molecule has 0 N–H and O–H groups in total. The average Bonchev–Trinajstić information content (AvgIpc) is 3.49. The third-order valence-corrected chi connectivity index (χ3v) is 8.31. The Labute approximate surface area is 261 Å². The van der Waals surface area contributed by atoms with Gasteiger partial charge in [-0.2, -0.15) is 5.10 Å². The van der Waals surface area contributed by atoms with Gasteiger partial charge in [0.05, 0.1) is 11.8 Å². The van der Waals surface area contributed by atoms with E-state index >= 15 is 0 Å². The first-order valence-electron chi connectivity index (χ1n) is 16.8. The van der Waals surface area contributed by atoms with Crippen molar-refractivity contribution in [3.63, 3.8) is 0 Å². The number of unbranched alkanes of at least 4 members (excludes halogenated alkanes) is 4. The van der Waals surface area contributed by atoms with Gasteiger partial charge in [-0.15, -0.1) is 0 Å². The molecule has 3 aromatic rings. The number of aromatic nitrogens is 1. The summed E-state index contributed by atoms with van der Waals surface area (Å²) in [4.78, 5) is 9.74. The average molecular weight is 580 g/mol. The van der Waals surface area contributed by atoms with E-state index in [4.69, 9.17) is 5.10 Å². The topological polar surface area (TPSA) is 35.0 Å². The van der Waals surface area contributed by atoms with E-state index < -0.39 is 0 Å². The van der Waals surface area contributed by atoms with Crippen molar-refractivity contribution < 1.29 is 0 Å². The van der Waals surface area contributed by atoms with Crippen LogP contribution in [0.3, 0.4) is 0 Å². The van der Waals surface area contributed by atoms with Gasteiger partial charge in [-0.1, -0.05) is 89.8 Å². The van der Waals surface area contributed by atoms with Crippen molar-refractivity contribution in [2.75, 3.05) is 41.0 Å². The standard InChI is InChI=1S/C38H53N5/c1-5-9-27-41(28-10-6-2)35-22-17-32(18-23-35)16-21-34-31-37(43(40-34)38-15-13-14-26-39-38)33-19-24-36(25-20-33)42(29-11-7-3)30-12-8-4/h13-26,37H,5-12,27-31H2,1-4H3. The number of nitrogens with zero attached hydrogens (tertiary/aromatic N) is 5. The quantitative estimate of drug-likeness (QED) is 0.150. The zero-order chi connectivity index (χ0) is 30.3. The number of hydrogen-bond acceptors (Lipinski definition) is 5. The summed E-state index contributed by atoms with van der Waals surface area (Å²) in [7, 11) is 0. The predicted octanol–water partition coefficient (Wildman–Crippen LogP) is 9.92. The molecule has 0 fully saturated rings. The van der Waals surface area contributed by atoms with Gasteiger partial charge < -0.3 is 9.80 Å². The molecular weight excluding hydrogens is 526 g/mol. The molecular formula is C38H53N5. The van der Waals surface area contributed by atoms with Crippen molar-refractivity contribution >= 4 is 29.0 Å². The Morgan fingerprint density at radius 3 is 1.70 bits per heavy atom. The van der Waals surface area contributed by atoms with Gasteiger partial charge in [0.2, 0.25) is 0 Å². The highest BCUT2D eigenvalue weighted by atomic mass is 15.5. The molecule has 4 rings (SSSR count). The molecule has 1 atom stereocenters. The minimum atomic E-state index is 0.122. The molecule has 5 nitrogen and oxygen atoms in total. The van der Waals surface area contributed by atoms with Crippen LogP contribution in [0.15, 0.2) is 84.1 Å². The third kappa shape index (κ3) is 9.44. The molecule has 5 heteroatoms. The first-order valence-corrected chi connectivity index (χ1v) is 16.8. The molecule has 1 unspecified atom stereocenters. The molecule has 0 saturated heterocycles. The van der Waals surface area contributed by atoms with Crippen LogP contribution in [0, 0.1) is 0 Å². The van der Waals surface area contributed by atoms with E-state index in [1.54, 1.807) is 0 Å². The molecule has 0 saturated carbocycles. The summed E-state index contributed by atoms with van der Waals surface area (Å²) in [6.07, 6.45) is 16.9. The van der Waals surface area contributed by atoms with Crippen molar-refractivity contribution in [3.8, 4) is 0 Å². The van der Waals surface area contributed by atoms with Gasteiger partial charge in [0.25, 0.3) is 0 Å². The van der Waals surface area contributed by atoms with Crippen LogP contribution in [-0.2, 0) is 0 Å². The van der Waals surface area contributed by atoms with E-state index in [0.29, 0.717) is 0 Å². The van der Waals surface area contributed by atoms with E-state index in [2.05, 4.69) is 114 Å². The Morgan fingerprint density at radius 1 is 0.674 bits per heavy atom. The molecule has 0 amide bonds. The lowest BCUT2D eigenvalue weighted by Crippen LogP contribution is -2.25. The zero-order valence-corrected chi connectivity index (χ0v) is 27.1. The largest absolute Gasteiger partial charge is 0.372 e. The Bertz CT molecular complexity index is 1230. The highest BCUT2D eigenvalue weighted by Crippen LogP contribution is 2.35. The Balaban J connectivity index is 1.50. The van der Waals surface area contributed by atoms with E-state index in [-0.39, 0.29) is 6.04 Å². The molecule has 1 aliphatic rings. The number of hydrogen-bond donors (Lipinski definition) is 0. The van der Waals surface area contributed by atoms with Gasteiger partial charge >= 0.3 is 0 Å². The van der Waals surface area contributed by atoms with E-state index in [0.717, 1.165) is 44.1 Å². The lowest BCUT2D eigenvalue weighted by molar-refractivity contribution is 0.676. The van der Waals surface area contributed by atoms with Gasteiger partial charge in [-0.05, 0) is 79.3 Å². The van der Waals surface area contributed by atoms with Crippen LogP contribution in [0.4, 0.5) is 17.2 Å². The minimum Gasteiger partial charge on any atom is -0.372 e. The second kappa shape index (κ2) is 17.5. The summed E-state index contributed by atoms with van der Waals surface area (Å²) in [5, 5.41) is 7.17. The van der Waals surface area contributed by atoms with E-state index in [9.17, 15) is 0 Å². The Kier molecular flexibility index (Phi) is 13.2. The van der Waals surface area contributed by atoms with Gasteiger partial charge in [-0.3, -0.25) is 0 Å². The molecule has 0 radical (unpaired) electrons. The van der Waals surface area contributed by atoms with Crippen LogP contribution in [0.1, 0.15) is 103 Å². The first-order chi connectivity index (χ1) is 21.2. The summed E-state index contributed by atoms with van der Waals surface area (Å²) in [6.45, 7) is 13.6. The fourth-order valence-electron chi connectivity index (χ4n) is 5.63. The number of hydrazone groups is 1. The maximum atomic E-state index is 5.07. The highest BCUT2D eigenvalue weighted by molar-refractivity contribution is 6.01. The number of allylic oxidation sites excluding steroid dienone is 1. The van der Waals surface area contributed by atoms with Crippen LogP contribution in [-0.4, -0.2) is 36.9 Å². The maximum Gasteiger partial charge on any atom is 0.149 e. The normalized spacial score (nSPS) is 14.8. The van der Waals surface area contributed by atoms with Crippen LogP contribution in [0.5, 0.6) is 0 Å². The Hall–Kier alpha value is -3.60. The molecule has 43 heavy (non-hydrogen) atoms. The van der Waals surface area contributed by atoms with Gasteiger partial charge in [0.15, 0.2) is 0 Å². The molecule has 1 aromatic heterocycles. The summed E-state index contributed by atoms with van der Waals surface area (Å²) >= 11 is 0. The number of rotatable bonds is 18. The summed E-state index contributed by atoms with van der Waals surface area (Å²) in [6, 6.07) is 24.4. The van der Waals surface area contributed by atoms with Crippen molar-refractivity contribution in [2.24, 2.45) is 5.10 Å². The molecule has 1 aliphatic heterocycles. The van der Waals surface area contributed by atoms with Crippen LogP contribution < -0.4 is 14.8 Å². The molecule has 2 heterocycles. The van der Waals surface area contributed by atoms with Crippen molar-refractivity contribution in [3.05, 3.63) is 90.1 Å². The van der Waals surface area contributed by atoms with Crippen LogP contribution in [0.2, 0.25) is 0 Å². The first kappa shape index (κ1) is 32.3. The fourth-order valence-corrected chi connectivity index (χ4v) is 5.63. The minimum absolute atomic E-state index is 0.122. The van der Waals surface area contributed by atoms with Crippen LogP contribution >= 0.6 is 0 Å². The monoisotopic (exact) mass is 579 g/mol. The highest BCUT2D eigenvalue weighted by Gasteiger charge is 2.29. The predicted molar refractivity (Wildman–Crippen MR) is 187 cm³/mol. The second-order valence-electron chi connectivity index (χ2n) is 11.7. The Morgan fingerprint density at radius 2 is 1.21 bits per heavy atom.